The number of likely N-dealkylation sites (N-methyl/N-ethyl adjacent to an activating group) is 3. The number of H-pyrrole nitrogens is 1. The molecule has 6 aliphatic heterocycles. The van der Waals surface area contributed by atoms with Crippen molar-refractivity contribution in [3.63, 3.8) is 0 Å². The monoisotopic (exact) mass is 1450 g/mol. The minimum Gasteiger partial charge on any atom is -0.508 e. The van der Waals surface area contributed by atoms with Crippen LogP contribution in [0.15, 0.2) is 159 Å². The molecular formula is C80H84FN21O6. The van der Waals surface area contributed by atoms with E-state index in [1.165, 1.54) is 0 Å². The fourth-order valence-electron chi connectivity index (χ4n) is 14.9. The number of aromatic amines is 1. The lowest BCUT2D eigenvalue weighted by molar-refractivity contribution is 0.0645. The number of aromatic hydroxyl groups is 1. The van der Waals surface area contributed by atoms with Gasteiger partial charge < -0.3 is 85.8 Å². The number of pyridine rings is 6. The average molecular weight is 1450 g/mol. The van der Waals surface area contributed by atoms with E-state index < -0.39 is 12.3 Å². The van der Waals surface area contributed by atoms with Gasteiger partial charge in [-0.2, -0.15) is 0 Å². The molecule has 0 bridgehead atoms. The van der Waals surface area contributed by atoms with Crippen LogP contribution in [-0.2, 0) is 26.7 Å². The second-order valence-electron chi connectivity index (χ2n) is 28.3. The zero-order chi connectivity index (χ0) is 74.3. The molecule has 15 heterocycles. The number of imidazole rings is 1. The van der Waals surface area contributed by atoms with Gasteiger partial charge in [-0.05, 0) is 113 Å². The molecule has 12 aromatic rings. The topological polar surface area (TPSA) is 295 Å². The Morgan fingerprint density at radius 3 is 1.71 bits per heavy atom. The molecule has 0 radical (unpaired) electrons. The number of piperazine rings is 2. The van der Waals surface area contributed by atoms with Crippen LogP contribution in [0, 0.1) is 0 Å². The summed E-state index contributed by atoms with van der Waals surface area (Å²) in [4.78, 5) is 82.8. The number of piperidine rings is 1. The summed E-state index contributed by atoms with van der Waals surface area (Å²) in [6, 6.07) is 32.9. The predicted molar refractivity (Wildman–Crippen MR) is 417 cm³/mol. The molecule has 6 aliphatic rings. The number of aromatic nitrogens is 9. The van der Waals surface area contributed by atoms with Gasteiger partial charge in [-0.3, -0.25) is 28.8 Å². The molecule has 9 aromatic heterocycles. The van der Waals surface area contributed by atoms with Gasteiger partial charge in [0.15, 0.2) is 0 Å². The van der Waals surface area contributed by atoms with Crippen LogP contribution in [-0.4, -0.2) is 206 Å². The third-order valence-corrected chi connectivity index (χ3v) is 20.9. The number of alkyl halides is 1. The van der Waals surface area contributed by atoms with Gasteiger partial charge in [0, 0.05) is 179 Å². The number of benzene rings is 3. The molecule has 0 saturated carbocycles. The molecule has 3 aromatic carbocycles. The van der Waals surface area contributed by atoms with Gasteiger partial charge in [-0.15, -0.1) is 0 Å². The van der Waals surface area contributed by atoms with Crippen molar-refractivity contribution in [3.8, 4) is 45.3 Å². The van der Waals surface area contributed by atoms with Gasteiger partial charge in [0.05, 0.1) is 105 Å². The van der Waals surface area contributed by atoms with Gasteiger partial charge in [0.25, 0.3) is 17.7 Å². The molecule has 28 heteroatoms. The number of carbonyl (C=O) groups excluding carboxylic acids is 3. The van der Waals surface area contributed by atoms with E-state index >= 15 is 0 Å². The first-order valence-corrected chi connectivity index (χ1v) is 36.3. The van der Waals surface area contributed by atoms with Crippen molar-refractivity contribution in [1.82, 2.24) is 74.5 Å². The fraction of sp³-hybridized carbons (Fsp3) is 0.287. The van der Waals surface area contributed by atoms with Crippen molar-refractivity contribution in [1.29, 1.82) is 0 Å². The number of nitrogens with one attached hydrogen (secondary N) is 7. The summed E-state index contributed by atoms with van der Waals surface area (Å²) in [5, 5.41) is 40.5. The summed E-state index contributed by atoms with van der Waals surface area (Å²) < 4.78 is 23.6. The molecule has 18 rings (SSSR count). The number of hydrogen-bond acceptors (Lipinski definition) is 21. The number of ether oxygens (including phenoxy) is 1. The highest BCUT2D eigenvalue weighted by Gasteiger charge is 2.33. The third kappa shape index (κ3) is 14.3. The number of β-amino-alcohol motifs (C(OH)–C–C–N with tert-alkyl or cyclic N) is 1. The summed E-state index contributed by atoms with van der Waals surface area (Å²) in [6.45, 7) is 11.6. The zero-order valence-electron chi connectivity index (χ0n) is 60.6. The van der Waals surface area contributed by atoms with Crippen LogP contribution < -0.4 is 51.3 Å². The average Bonchev–Trinajstić information content (AvgIpc) is 1.71. The number of phenols is 1. The number of rotatable bonds is 16. The smallest absolute Gasteiger partial charge is 0.254 e. The highest BCUT2D eigenvalue weighted by Crippen LogP contribution is 2.41. The molecule has 0 aliphatic carbocycles. The lowest BCUT2D eigenvalue weighted by Crippen LogP contribution is -2.45. The number of aryl methyl sites for hydroxylation is 1. The van der Waals surface area contributed by atoms with Crippen LogP contribution >= 0.6 is 0 Å². The summed E-state index contributed by atoms with van der Waals surface area (Å²) in [5.41, 5.74) is 17.5. The zero-order valence-corrected chi connectivity index (χ0v) is 60.6. The lowest BCUT2D eigenvalue weighted by atomic mass is 9.99. The second kappa shape index (κ2) is 30.0. The highest BCUT2D eigenvalue weighted by molar-refractivity contribution is 6.09. The maximum absolute atomic E-state index is 13.6. The molecule has 3 saturated heterocycles. The second-order valence-corrected chi connectivity index (χ2v) is 28.3. The number of nitrogens with zero attached hydrogens (tertiary/aromatic N) is 14. The van der Waals surface area contributed by atoms with E-state index in [0.29, 0.717) is 84.0 Å². The number of phenolic OH excluding ortho intramolecular Hbond substituents is 1. The normalized spacial score (nSPS) is 17.0. The molecule has 27 nitrogen and oxygen atoms in total. The van der Waals surface area contributed by atoms with Gasteiger partial charge in [-0.25, -0.2) is 24.3 Å². The van der Waals surface area contributed by atoms with E-state index in [0.717, 1.165) is 160 Å². The first-order chi connectivity index (χ1) is 52.5. The Balaban J connectivity index is 0.000000124. The first-order valence-electron chi connectivity index (χ1n) is 36.3. The number of aliphatic hydroxyl groups is 1. The maximum atomic E-state index is 13.6. The van der Waals surface area contributed by atoms with Crippen molar-refractivity contribution in [2.24, 2.45) is 7.05 Å². The van der Waals surface area contributed by atoms with Crippen LogP contribution in [0.25, 0.3) is 61.2 Å². The van der Waals surface area contributed by atoms with Crippen molar-refractivity contribution in [2.75, 3.05) is 137 Å². The van der Waals surface area contributed by atoms with E-state index in [4.69, 9.17) is 14.7 Å². The van der Waals surface area contributed by atoms with Gasteiger partial charge in [0.2, 0.25) is 0 Å². The number of halogens is 1. The Bertz CT molecular complexity index is 5360. The van der Waals surface area contributed by atoms with Crippen molar-refractivity contribution >= 4 is 96.8 Å². The van der Waals surface area contributed by atoms with Crippen LogP contribution in [0.2, 0.25) is 0 Å². The minimum absolute atomic E-state index is 0.0876. The lowest BCUT2D eigenvalue weighted by Gasteiger charge is -2.33. The standard InChI is InChI=1S/C29H32FN7O3.C26H27N7O.C25H25N7O2/c1-35(2)11-12-40-19-7-10-37-24(16-32-27(37)13-19)20-4-5-23(28-21(20)15-33-29(28)39)34-26-6-3-18(14-31-26)36-9-8-22(30)25(38)17-36;1-31-10-12-33(13-11-31)17-6-7-23(27-14-17)30-21-16-28-25(20-15-29-26(34)24(20)21)19-4-3-5-22-18(19)8-9-32(22)2;1-31-6-8-32(9-7-31)15-2-5-22(27-11-15)30-21-14-28-24(19-13-29-25(34)23(19)21)18-12-26-20-10-16(33)3-4-17(18)20/h3-7,10,13-14,16,22,25,38H,8-9,11-12,15,17H2,1-2H3,(H,31,34)(H,33,39);3-9,14,16H,10-13,15H2,1-2H3,(H,27,30)(H,29,34);2-5,10-12,14,26,33H,6-9,13H2,1H3,(H,27,30)(H,29,34). The summed E-state index contributed by atoms with van der Waals surface area (Å²) in [6.07, 6.45) is 14.7. The van der Waals surface area contributed by atoms with E-state index in [1.807, 2.05) is 128 Å². The quantitative estimate of drug-likeness (QED) is 0.0435. The number of hydrogen-bond donors (Lipinski definition) is 9. The van der Waals surface area contributed by atoms with Gasteiger partial charge >= 0.3 is 0 Å². The van der Waals surface area contributed by atoms with Crippen LogP contribution in [0.3, 0.4) is 0 Å². The van der Waals surface area contributed by atoms with Crippen LogP contribution in [0.4, 0.5) is 56.0 Å². The Kier molecular flexibility index (Phi) is 19.4. The van der Waals surface area contributed by atoms with Crippen molar-refractivity contribution in [2.45, 2.75) is 38.3 Å². The van der Waals surface area contributed by atoms with Gasteiger partial charge in [0.1, 0.15) is 53.5 Å². The molecule has 0 spiro atoms. The minimum atomic E-state index is -1.19. The molecule has 2 unspecified atom stereocenters. The Morgan fingerprint density at radius 1 is 0.556 bits per heavy atom. The summed E-state index contributed by atoms with van der Waals surface area (Å²) in [7, 11) is 10.3. The number of amides is 3. The van der Waals surface area contributed by atoms with E-state index in [2.05, 4.69) is 130 Å². The Morgan fingerprint density at radius 2 is 1.13 bits per heavy atom. The number of aliphatic hydroxyl groups excluding tert-OH is 1. The number of anilines is 9. The molecular weight excluding hydrogens is 1370 g/mol. The third-order valence-electron chi connectivity index (χ3n) is 20.9. The first kappa shape index (κ1) is 70.1. The van der Waals surface area contributed by atoms with E-state index in [9.17, 15) is 29.0 Å². The molecule has 3 fully saturated rings. The largest absolute Gasteiger partial charge is 0.508 e. The molecule has 552 valence electrons. The SMILES string of the molecule is CN(C)CCOc1ccn2c(-c3ccc(Nc4ccc(N5CCC(F)C(O)C5)cn4)c4c3CNC4=O)cnc2c1.CN1CCN(c2ccc(Nc3cnc(-c4c[nH]c5cc(O)ccc45)c4c3C(=O)NC4)nc2)CC1.CN1CCN(c2ccc(Nc3cnc(-c4cccc5c4ccn5C)c4c3C(=O)NC4)nc2)CC1. The maximum Gasteiger partial charge on any atom is 0.254 e. The van der Waals surface area contributed by atoms with E-state index in [1.54, 1.807) is 30.7 Å². The Labute approximate surface area is 622 Å². The summed E-state index contributed by atoms with van der Waals surface area (Å²) in [5.74, 6) is 2.52. The van der Waals surface area contributed by atoms with E-state index in [-0.39, 0.29) is 36.4 Å². The fourth-order valence-corrected chi connectivity index (χ4v) is 14.9. The van der Waals surface area contributed by atoms with Crippen molar-refractivity contribution in [3.05, 3.63) is 192 Å². The highest BCUT2D eigenvalue weighted by atomic mass is 19.1. The number of carbonyl (C=O) groups is 3. The molecule has 108 heavy (non-hydrogen) atoms. The van der Waals surface area contributed by atoms with Gasteiger partial charge in [-0.1, -0.05) is 18.2 Å². The molecule has 2 atom stereocenters. The summed E-state index contributed by atoms with van der Waals surface area (Å²) >= 11 is 0. The number of fused-ring (bicyclic) bond motifs is 6. The predicted octanol–water partition coefficient (Wildman–Crippen LogP) is 9.68. The Hall–Kier alpha value is -12.2. The molecule has 9 N–H and O–H groups in total. The molecule has 3 amide bonds. The van der Waals surface area contributed by atoms with Crippen molar-refractivity contribution < 1.29 is 33.7 Å². The van der Waals surface area contributed by atoms with Crippen LogP contribution in [0.5, 0.6) is 11.5 Å². The van der Waals surface area contributed by atoms with Crippen LogP contribution in [0.1, 0.15) is 54.2 Å².